The van der Waals surface area contributed by atoms with Crippen LogP contribution in [0.25, 0.3) is 0 Å². The lowest BCUT2D eigenvalue weighted by Gasteiger charge is -2.41. The van der Waals surface area contributed by atoms with Crippen LogP contribution in [-0.4, -0.2) is 52.0 Å². The Balaban J connectivity index is 1.27. The third kappa shape index (κ3) is 5.71. The van der Waals surface area contributed by atoms with E-state index in [0.717, 1.165) is 42.6 Å². The van der Waals surface area contributed by atoms with Gasteiger partial charge in [0.15, 0.2) is 0 Å². The fourth-order valence-electron chi connectivity index (χ4n) is 5.61. The van der Waals surface area contributed by atoms with Crippen LogP contribution in [0.4, 0.5) is 0 Å². The molecule has 7 nitrogen and oxygen atoms in total. The van der Waals surface area contributed by atoms with Gasteiger partial charge in [-0.05, 0) is 62.3 Å². The third-order valence-corrected chi connectivity index (χ3v) is 7.84. The summed E-state index contributed by atoms with van der Waals surface area (Å²) in [7, 11) is 0. The number of nitrogens with zero attached hydrogens (tertiary/aromatic N) is 3. The highest BCUT2D eigenvalue weighted by atomic mass is 16.5. The highest BCUT2D eigenvalue weighted by Gasteiger charge is 2.42. The second-order valence-electron chi connectivity index (χ2n) is 10.5. The number of hydrogen-bond acceptors (Lipinski definition) is 4. The minimum absolute atomic E-state index is 0.0394. The minimum Gasteiger partial charge on any atom is -0.491 e. The third-order valence-electron chi connectivity index (χ3n) is 7.84. The van der Waals surface area contributed by atoms with Gasteiger partial charge in [-0.3, -0.25) is 9.59 Å². The maximum Gasteiger partial charge on any atom is 0.254 e. The number of aromatic nitrogens is 2. The van der Waals surface area contributed by atoms with Gasteiger partial charge in [0, 0.05) is 37.6 Å². The number of hydrogen-bond donors (Lipinski definition) is 1. The van der Waals surface area contributed by atoms with Crippen LogP contribution in [0.15, 0.2) is 67.3 Å². The van der Waals surface area contributed by atoms with Crippen molar-refractivity contribution in [2.45, 2.75) is 58.0 Å². The second kappa shape index (κ2) is 11.2. The topological polar surface area (TPSA) is 76.5 Å². The van der Waals surface area contributed by atoms with Crippen LogP contribution in [0.5, 0.6) is 5.75 Å². The first kappa shape index (κ1) is 25.1. The molecular formula is C30H36N4O3. The number of para-hydroxylation sites is 1. The summed E-state index contributed by atoms with van der Waals surface area (Å²) < 4.78 is 8.04. The van der Waals surface area contributed by atoms with Crippen LogP contribution >= 0.6 is 0 Å². The molecule has 1 fully saturated rings. The summed E-state index contributed by atoms with van der Waals surface area (Å²) in [6, 6.07) is 15.9. The van der Waals surface area contributed by atoms with Crippen LogP contribution in [-0.2, 0) is 17.8 Å². The molecule has 0 radical (unpaired) electrons. The number of amides is 2. The Labute approximate surface area is 218 Å². The first-order valence-electron chi connectivity index (χ1n) is 13.4. The lowest BCUT2D eigenvalue weighted by Crippen LogP contribution is -2.52. The summed E-state index contributed by atoms with van der Waals surface area (Å²) in [5.41, 5.74) is 2.48. The Kier molecular flexibility index (Phi) is 7.58. The summed E-state index contributed by atoms with van der Waals surface area (Å²) in [6.07, 6.45) is 10.5. The lowest BCUT2D eigenvalue weighted by molar-refractivity contribution is -0.135. The zero-order valence-corrected chi connectivity index (χ0v) is 21.6. The number of piperidine rings is 1. The molecule has 3 aromatic rings. The molecule has 0 aliphatic carbocycles. The molecule has 2 aromatic carbocycles. The number of imidazole rings is 1. The van der Waals surface area contributed by atoms with E-state index in [9.17, 15) is 9.59 Å². The lowest BCUT2D eigenvalue weighted by atomic mass is 9.73. The quantitative estimate of drug-likeness (QED) is 0.576. The van der Waals surface area contributed by atoms with Gasteiger partial charge in [-0.2, -0.15) is 0 Å². The van der Waals surface area contributed by atoms with Gasteiger partial charge < -0.3 is 19.5 Å². The fraction of sp³-hybridized carbons (Fsp3) is 0.433. The number of aryl methyl sites for hydroxylation is 1. The van der Waals surface area contributed by atoms with Crippen molar-refractivity contribution >= 4 is 11.8 Å². The van der Waals surface area contributed by atoms with Crippen LogP contribution in [0, 0.1) is 5.41 Å². The van der Waals surface area contributed by atoms with Crippen LogP contribution in [0.1, 0.15) is 60.5 Å². The van der Waals surface area contributed by atoms with Gasteiger partial charge in [-0.1, -0.05) is 42.8 Å². The molecule has 194 valence electrons. The summed E-state index contributed by atoms with van der Waals surface area (Å²) in [6.45, 7) is 4.21. The molecule has 1 spiro atoms. The molecule has 5 rings (SSSR count). The van der Waals surface area contributed by atoms with E-state index in [1.807, 2.05) is 59.0 Å². The average Bonchev–Trinajstić information content (AvgIpc) is 3.43. The van der Waals surface area contributed by atoms with Gasteiger partial charge in [0.1, 0.15) is 12.4 Å². The summed E-state index contributed by atoms with van der Waals surface area (Å²) in [5, 5.41) is 3.22. The van der Waals surface area contributed by atoms with E-state index in [-0.39, 0.29) is 17.9 Å². The predicted molar refractivity (Wildman–Crippen MR) is 142 cm³/mol. The molecule has 1 saturated heterocycles. The maximum absolute atomic E-state index is 13.6. The zero-order chi connectivity index (χ0) is 25.7. The average molecular weight is 501 g/mol. The monoisotopic (exact) mass is 500 g/mol. The number of ether oxygens (including phenoxy) is 1. The van der Waals surface area contributed by atoms with Crippen LogP contribution < -0.4 is 10.1 Å². The van der Waals surface area contributed by atoms with Crippen molar-refractivity contribution < 1.29 is 14.3 Å². The maximum atomic E-state index is 13.6. The van der Waals surface area contributed by atoms with Crippen molar-refractivity contribution in [3.8, 4) is 5.75 Å². The summed E-state index contributed by atoms with van der Waals surface area (Å²) >= 11 is 0. The first-order valence-corrected chi connectivity index (χ1v) is 13.4. The smallest absolute Gasteiger partial charge is 0.254 e. The molecule has 37 heavy (non-hydrogen) atoms. The Bertz CT molecular complexity index is 1220. The molecule has 7 heteroatoms. The van der Waals surface area contributed by atoms with Crippen molar-refractivity contribution in [1.29, 1.82) is 0 Å². The predicted octanol–water partition coefficient (Wildman–Crippen LogP) is 4.46. The van der Waals surface area contributed by atoms with E-state index in [1.165, 1.54) is 5.56 Å². The van der Waals surface area contributed by atoms with Crippen molar-refractivity contribution in [2.75, 3.05) is 19.7 Å². The number of rotatable bonds is 3. The van der Waals surface area contributed by atoms with E-state index in [4.69, 9.17) is 4.74 Å². The molecule has 2 amide bonds. The van der Waals surface area contributed by atoms with Crippen molar-refractivity contribution in [3.63, 3.8) is 0 Å². The SMILES string of the molecule is C[C@@H]1COc2ccccc2CCCCC2(CCN(C(=O)c3ccccc3Cn3ccnc3)CC2)C(=O)N1. The fourth-order valence-corrected chi connectivity index (χ4v) is 5.61. The molecule has 0 unspecified atom stereocenters. The molecule has 1 atom stereocenters. The molecule has 0 bridgehead atoms. The largest absolute Gasteiger partial charge is 0.491 e. The highest BCUT2D eigenvalue weighted by Crippen LogP contribution is 2.38. The molecular weight excluding hydrogens is 464 g/mol. The number of carbonyl (C=O) groups is 2. The van der Waals surface area contributed by atoms with E-state index >= 15 is 0 Å². The van der Waals surface area contributed by atoms with Gasteiger partial charge >= 0.3 is 0 Å². The van der Waals surface area contributed by atoms with Crippen LogP contribution in [0.3, 0.4) is 0 Å². The normalized spacial score (nSPS) is 20.2. The van der Waals surface area contributed by atoms with E-state index in [0.29, 0.717) is 39.1 Å². The number of carbonyl (C=O) groups excluding carboxylic acids is 2. The van der Waals surface area contributed by atoms with E-state index < -0.39 is 5.41 Å². The number of benzene rings is 2. The van der Waals surface area contributed by atoms with Crippen molar-refractivity contribution in [2.24, 2.45) is 5.41 Å². The zero-order valence-electron chi connectivity index (χ0n) is 21.6. The van der Waals surface area contributed by atoms with Gasteiger partial charge in [-0.15, -0.1) is 0 Å². The Morgan fingerprint density at radius 2 is 1.86 bits per heavy atom. The Hall–Kier alpha value is -3.61. The molecule has 1 aromatic heterocycles. The number of fused-ring (bicyclic) bond motifs is 1. The minimum atomic E-state index is -0.444. The van der Waals surface area contributed by atoms with Gasteiger partial charge in [0.2, 0.25) is 5.91 Å². The summed E-state index contributed by atoms with van der Waals surface area (Å²) in [4.78, 5) is 33.2. The van der Waals surface area contributed by atoms with E-state index in [2.05, 4.69) is 22.4 Å². The van der Waals surface area contributed by atoms with Crippen molar-refractivity contribution in [3.05, 3.63) is 83.9 Å². The highest BCUT2D eigenvalue weighted by molar-refractivity contribution is 5.96. The molecule has 1 N–H and O–H groups in total. The molecule has 0 saturated carbocycles. The van der Waals surface area contributed by atoms with Gasteiger partial charge in [0.05, 0.1) is 17.8 Å². The van der Waals surface area contributed by atoms with Gasteiger partial charge in [0.25, 0.3) is 5.91 Å². The molecule has 2 aliphatic heterocycles. The Morgan fingerprint density at radius 1 is 1.08 bits per heavy atom. The standard InChI is InChI=1S/C30H36N4O3/c1-23-21-37-27-12-5-3-8-24(27)9-6-7-13-30(29(36)32-23)14-17-34(18-15-30)28(35)26-11-4-2-10-25(26)20-33-19-16-31-22-33/h2-5,8,10-12,16,19,22-23H,6-7,9,13-15,17-18,20-21H2,1H3,(H,32,36)/t23-/m1/s1. The molecule has 2 aliphatic rings. The van der Waals surface area contributed by atoms with E-state index in [1.54, 1.807) is 12.5 Å². The second-order valence-corrected chi connectivity index (χ2v) is 10.5. The molecule has 3 heterocycles. The van der Waals surface area contributed by atoms with Gasteiger partial charge in [-0.25, -0.2) is 4.98 Å². The van der Waals surface area contributed by atoms with Crippen molar-refractivity contribution in [1.82, 2.24) is 19.8 Å². The first-order chi connectivity index (χ1) is 18.0. The number of likely N-dealkylation sites (tertiary alicyclic amines) is 1. The summed E-state index contributed by atoms with van der Waals surface area (Å²) in [5.74, 6) is 1.06. The number of nitrogens with one attached hydrogen (secondary N) is 1. The van der Waals surface area contributed by atoms with Crippen LogP contribution in [0.2, 0.25) is 0 Å². The Morgan fingerprint density at radius 3 is 2.68 bits per heavy atom.